The van der Waals surface area contributed by atoms with Crippen molar-refractivity contribution in [2.45, 2.75) is 17.9 Å². The summed E-state index contributed by atoms with van der Waals surface area (Å²) in [6.45, 7) is 1.35. The molecule has 0 aliphatic carbocycles. The van der Waals surface area contributed by atoms with E-state index in [1.54, 1.807) is 0 Å². The third-order valence-electron chi connectivity index (χ3n) is 3.54. The Morgan fingerprint density at radius 2 is 1.78 bits per heavy atom. The molecule has 2 N–H and O–H groups in total. The molecule has 0 saturated heterocycles. The summed E-state index contributed by atoms with van der Waals surface area (Å²) in [4.78, 5) is 15.9. The van der Waals surface area contributed by atoms with E-state index >= 15 is 0 Å². The molecule has 27 heavy (non-hydrogen) atoms. The van der Waals surface area contributed by atoms with Crippen molar-refractivity contribution < 1.29 is 17.6 Å². The van der Waals surface area contributed by atoms with Gasteiger partial charge in [-0.2, -0.15) is 14.1 Å². The van der Waals surface area contributed by atoms with Crippen LogP contribution in [0.25, 0.3) is 11.4 Å². The van der Waals surface area contributed by atoms with Crippen LogP contribution in [0.3, 0.4) is 0 Å². The molecular formula is C17H15FN4O3S2. The predicted molar refractivity (Wildman–Crippen MR) is 100 cm³/mol. The number of benzene rings is 2. The van der Waals surface area contributed by atoms with E-state index in [1.165, 1.54) is 19.1 Å². The van der Waals surface area contributed by atoms with Gasteiger partial charge in [0.2, 0.25) is 21.1 Å². The van der Waals surface area contributed by atoms with Gasteiger partial charge < -0.3 is 0 Å². The smallest absolute Gasteiger partial charge is 0.244 e. The maximum absolute atomic E-state index is 13.7. The molecular weight excluding hydrogens is 391 g/mol. The number of sulfonamides is 1. The molecule has 0 spiro atoms. The van der Waals surface area contributed by atoms with E-state index in [0.717, 1.165) is 29.2 Å². The largest absolute Gasteiger partial charge is 0.299 e. The monoisotopic (exact) mass is 406 g/mol. The predicted octanol–water partition coefficient (Wildman–Crippen LogP) is 2.65. The third kappa shape index (κ3) is 4.54. The van der Waals surface area contributed by atoms with Gasteiger partial charge in [-0.05, 0) is 19.1 Å². The number of carbonyl (C=O) groups is 1. The third-order valence-corrected chi connectivity index (χ3v) is 5.74. The van der Waals surface area contributed by atoms with Gasteiger partial charge in [-0.1, -0.05) is 42.5 Å². The number of amides is 1. The zero-order valence-electron chi connectivity index (χ0n) is 14.1. The van der Waals surface area contributed by atoms with Crippen LogP contribution in [0.1, 0.15) is 6.92 Å². The highest BCUT2D eigenvalue weighted by atomic mass is 32.2. The van der Waals surface area contributed by atoms with Crippen LogP contribution in [-0.2, 0) is 14.8 Å². The lowest BCUT2D eigenvalue weighted by Gasteiger charge is -2.13. The van der Waals surface area contributed by atoms with Crippen LogP contribution < -0.4 is 10.0 Å². The van der Waals surface area contributed by atoms with E-state index in [0.29, 0.717) is 5.82 Å². The second-order valence-electron chi connectivity index (χ2n) is 5.55. The fraction of sp³-hybridized carbons (Fsp3) is 0.118. The van der Waals surface area contributed by atoms with Gasteiger partial charge in [0.15, 0.2) is 5.82 Å². The average molecular weight is 406 g/mol. The van der Waals surface area contributed by atoms with Gasteiger partial charge in [-0.15, -0.1) is 0 Å². The minimum atomic E-state index is -4.18. The number of carbonyl (C=O) groups excluding carboxylic acids is 1. The maximum Gasteiger partial charge on any atom is 0.244 e. The molecule has 3 rings (SSSR count). The second kappa shape index (κ2) is 7.91. The lowest BCUT2D eigenvalue weighted by molar-refractivity contribution is -0.117. The first-order valence-electron chi connectivity index (χ1n) is 7.83. The SMILES string of the molecule is C[C@H](NS(=O)(=O)c1ccccc1F)C(=O)Nc1nc(-c2ccccc2)ns1. The Hall–Kier alpha value is -2.69. The Kier molecular flexibility index (Phi) is 5.59. The molecule has 0 saturated carbocycles. The van der Waals surface area contributed by atoms with Gasteiger partial charge in [0.05, 0.1) is 6.04 Å². The summed E-state index contributed by atoms with van der Waals surface area (Å²) in [5.74, 6) is -1.07. The molecule has 0 bridgehead atoms. The van der Waals surface area contributed by atoms with Crippen LogP contribution in [0.4, 0.5) is 9.52 Å². The van der Waals surface area contributed by atoms with Crippen LogP contribution in [0, 0.1) is 5.82 Å². The summed E-state index contributed by atoms with van der Waals surface area (Å²) in [5, 5.41) is 2.74. The van der Waals surface area contributed by atoms with E-state index < -0.39 is 32.7 Å². The van der Waals surface area contributed by atoms with E-state index in [9.17, 15) is 17.6 Å². The minimum Gasteiger partial charge on any atom is -0.299 e. The molecule has 1 heterocycles. The minimum absolute atomic E-state index is 0.232. The highest BCUT2D eigenvalue weighted by Crippen LogP contribution is 2.21. The quantitative estimate of drug-likeness (QED) is 0.655. The molecule has 10 heteroatoms. The molecule has 1 amide bonds. The lowest BCUT2D eigenvalue weighted by atomic mass is 10.2. The fourth-order valence-electron chi connectivity index (χ4n) is 2.20. The Bertz CT molecular complexity index is 1050. The van der Waals surface area contributed by atoms with Gasteiger partial charge in [0, 0.05) is 17.1 Å². The van der Waals surface area contributed by atoms with Gasteiger partial charge >= 0.3 is 0 Å². The molecule has 1 aromatic heterocycles. The fourth-order valence-corrected chi connectivity index (χ4v) is 4.08. The van der Waals surface area contributed by atoms with Crippen LogP contribution in [-0.4, -0.2) is 29.7 Å². The van der Waals surface area contributed by atoms with Crippen molar-refractivity contribution in [3.63, 3.8) is 0 Å². The van der Waals surface area contributed by atoms with Crippen molar-refractivity contribution in [2.75, 3.05) is 5.32 Å². The highest BCUT2D eigenvalue weighted by molar-refractivity contribution is 7.89. The van der Waals surface area contributed by atoms with E-state index in [2.05, 4.69) is 19.4 Å². The summed E-state index contributed by atoms with van der Waals surface area (Å²) < 4.78 is 44.5. The van der Waals surface area contributed by atoms with E-state index in [-0.39, 0.29) is 5.13 Å². The maximum atomic E-state index is 13.7. The number of nitrogens with zero attached hydrogens (tertiary/aromatic N) is 2. The molecule has 140 valence electrons. The summed E-state index contributed by atoms with van der Waals surface area (Å²) in [6, 6.07) is 13.0. The standard InChI is InChI=1S/C17H15FN4O3S2/c1-11(22-27(24,25)14-10-6-5-9-13(14)18)16(23)20-17-19-15(21-26-17)12-7-3-2-4-8-12/h2-11,22H,1H3,(H,19,20,21,23)/t11-/m0/s1. The van der Waals surface area contributed by atoms with Gasteiger partial charge in [-0.3, -0.25) is 10.1 Å². The second-order valence-corrected chi connectivity index (χ2v) is 7.99. The lowest BCUT2D eigenvalue weighted by Crippen LogP contribution is -2.41. The molecule has 0 aliphatic rings. The first kappa shape index (κ1) is 19.1. The van der Waals surface area contributed by atoms with Crippen molar-refractivity contribution >= 4 is 32.6 Å². The van der Waals surface area contributed by atoms with Crippen LogP contribution in [0.5, 0.6) is 0 Å². The van der Waals surface area contributed by atoms with Crippen LogP contribution >= 0.6 is 11.5 Å². The van der Waals surface area contributed by atoms with Gasteiger partial charge in [0.25, 0.3) is 0 Å². The Morgan fingerprint density at radius 1 is 1.11 bits per heavy atom. The molecule has 0 radical (unpaired) electrons. The Balaban J connectivity index is 1.68. The first-order chi connectivity index (χ1) is 12.9. The zero-order valence-corrected chi connectivity index (χ0v) is 15.7. The number of anilines is 1. The van der Waals surface area contributed by atoms with Gasteiger partial charge in [-0.25, -0.2) is 12.8 Å². The number of nitrogens with one attached hydrogen (secondary N) is 2. The number of hydrogen-bond acceptors (Lipinski definition) is 6. The number of aromatic nitrogens is 2. The summed E-state index contributed by atoms with van der Waals surface area (Å²) >= 11 is 0.977. The molecule has 0 aliphatic heterocycles. The summed E-state index contributed by atoms with van der Waals surface area (Å²) in [6.07, 6.45) is 0. The number of hydrogen-bond donors (Lipinski definition) is 2. The van der Waals surface area contributed by atoms with Crippen LogP contribution in [0.15, 0.2) is 59.5 Å². The Labute approximate surface area is 159 Å². The molecule has 0 fully saturated rings. The topological polar surface area (TPSA) is 101 Å². The summed E-state index contributed by atoms with van der Waals surface area (Å²) in [5.41, 5.74) is 0.794. The molecule has 1 atom stereocenters. The number of halogens is 1. The molecule has 0 unspecified atom stereocenters. The first-order valence-corrected chi connectivity index (χ1v) is 10.1. The average Bonchev–Trinajstić information content (AvgIpc) is 3.11. The molecule has 3 aromatic rings. The van der Waals surface area contributed by atoms with Crippen molar-refractivity contribution in [3.05, 3.63) is 60.4 Å². The Morgan fingerprint density at radius 3 is 2.48 bits per heavy atom. The zero-order chi connectivity index (χ0) is 19.4. The van der Waals surface area contributed by atoms with Crippen molar-refractivity contribution in [1.82, 2.24) is 14.1 Å². The molecule has 7 nitrogen and oxygen atoms in total. The molecule has 2 aromatic carbocycles. The van der Waals surface area contributed by atoms with Crippen molar-refractivity contribution in [1.29, 1.82) is 0 Å². The number of rotatable bonds is 6. The van der Waals surface area contributed by atoms with E-state index in [4.69, 9.17) is 0 Å². The van der Waals surface area contributed by atoms with Crippen molar-refractivity contribution in [3.8, 4) is 11.4 Å². The van der Waals surface area contributed by atoms with Crippen LogP contribution in [0.2, 0.25) is 0 Å². The summed E-state index contributed by atoms with van der Waals surface area (Å²) in [7, 11) is -4.18. The van der Waals surface area contributed by atoms with Crippen molar-refractivity contribution in [2.24, 2.45) is 0 Å². The normalized spacial score (nSPS) is 12.5. The van der Waals surface area contributed by atoms with E-state index in [1.807, 2.05) is 30.3 Å². The van der Waals surface area contributed by atoms with Gasteiger partial charge in [0.1, 0.15) is 10.7 Å². The highest BCUT2D eigenvalue weighted by Gasteiger charge is 2.25.